The molecule has 0 saturated heterocycles. The minimum atomic E-state index is 0.722. The maximum absolute atomic E-state index is 5.33. The lowest BCUT2D eigenvalue weighted by Crippen LogP contribution is -2.31. The molecule has 13 heavy (non-hydrogen) atoms. The van der Waals surface area contributed by atoms with E-state index in [1.54, 1.807) is 0 Å². The third-order valence-corrected chi connectivity index (χ3v) is 2.86. The Morgan fingerprint density at radius 2 is 2.08 bits per heavy atom. The zero-order valence-corrected chi connectivity index (χ0v) is 7.79. The van der Waals surface area contributed by atoms with Crippen LogP contribution in [-0.2, 0) is 12.8 Å². The second kappa shape index (κ2) is 3.90. The van der Waals surface area contributed by atoms with Crippen molar-refractivity contribution < 1.29 is 0 Å². The maximum atomic E-state index is 5.33. The highest BCUT2D eigenvalue weighted by molar-refractivity contribution is 5.29. The summed E-state index contributed by atoms with van der Waals surface area (Å²) >= 11 is 0. The van der Waals surface area contributed by atoms with Gasteiger partial charge >= 0.3 is 0 Å². The highest BCUT2D eigenvalue weighted by Crippen LogP contribution is 2.24. The van der Waals surface area contributed by atoms with Crippen molar-refractivity contribution in [3.63, 3.8) is 0 Å². The topological polar surface area (TPSA) is 38.0 Å². The molecule has 3 N–H and O–H groups in total. The largest absolute Gasteiger partial charge is 0.271 e. The van der Waals surface area contributed by atoms with Crippen LogP contribution in [0.2, 0.25) is 0 Å². The molecule has 0 bridgehead atoms. The number of hydrazine groups is 1. The summed E-state index contributed by atoms with van der Waals surface area (Å²) in [5.74, 6) is 6.05. The van der Waals surface area contributed by atoms with Gasteiger partial charge in [-0.05, 0) is 36.3 Å². The molecule has 1 unspecified atom stereocenters. The maximum Gasteiger partial charge on any atom is 0.0129 e. The van der Waals surface area contributed by atoms with Crippen LogP contribution < -0.4 is 11.3 Å². The molecule has 2 heteroatoms. The van der Waals surface area contributed by atoms with Crippen molar-refractivity contribution in [2.75, 3.05) is 6.54 Å². The molecule has 1 aliphatic carbocycles. The van der Waals surface area contributed by atoms with Crippen molar-refractivity contribution in [1.82, 2.24) is 5.43 Å². The van der Waals surface area contributed by atoms with Gasteiger partial charge in [-0.3, -0.25) is 11.3 Å². The van der Waals surface area contributed by atoms with Gasteiger partial charge in [0.1, 0.15) is 0 Å². The molecule has 0 radical (unpaired) electrons. The van der Waals surface area contributed by atoms with Crippen molar-refractivity contribution in [1.29, 1.82) is 0 Å². The number of hydrogen-bond donors (Lipinski definition) is 2. The molecule has 1 aliphatic rings. The van der Waals surface area contributed by atoms with E-state index in [4.69, 9.17) is 5.84 Å². The molecule has 0 spiro atoms. The smallest absolute Gasteiger partial charge is 0.0129 e. The number of benzene rings is 1. The van der Waals surface area contributed by atoms with Gasteiger partial charge in [-0.1, -0.05) is 24.3 Å². The van der Waals surface area contributed by atoms with E-state index in [1.165, 1.54) is 30.4 Å². The molecule has 0 fully saturated rings. The number of nitrogens with two attached hydrogens (primary N) is 1. The molecule has 0 amide bonds. The standard InChI is InChI=1S/C11H16N2/c12-13-8-9-5-6-10-3-1-2-4-11(10)7-9/h1-4,9,13H,5-8,12H2. The van der Waals surface area contributed by atoms with Crippen LogP contribution in [0.3, 0.4) is 0 Å². The summed E-state index contributed by atoms with van der Waals surface area (Å²) in [7, 11) is 0. The SMILES string of the molecule is NNCC1CCc2ccccc2C1. The van der Waals surface area contributed by atoms with Crippen LogP contribution in [0.1, 0.15) is 17.5 Å². The quantitative estimate of drug-likeness (QED) is 0.526. The first kappa shape index (κ1) is 8.73. The Morgan fingerprint density at radius 3 is 2.85 bits per heavy atom. The second-order valence-electron chi connectivity index (χ2n) is 3.79. The first-order valence-corrected chi connectivity index (χ1v) is 4.90. The molecule has 0 aromatic heterocycles. The summed E-state index contributed by atoms with van der Waals surface area (Å²) in [5.41, 5.74) is 5.80. The van der Waals surface area contributed by atoms with E-state index in [0.29, 0.717) is 0 Å². The Labute approximate surface area is 79.1 Å². The van der Waals surface area contributed by atoms with Crippen LogP contribution >= 0.6 is 0 Å². The molecule has 0 aliphatic heterocycles. The van der Waals surface area contributed by atoms with Crippen LogP contribution in [0.25, 0.3) is 0 Å². The lowest BCUT2D eigenvalue weighted by Gasteiger charge is -2.23. The van der Waals surface area contributed by atoms with Gasteiger partial charge in [0.2, 0.25) is 0 Å². The average molecular weight is 176 g/mol. The van der Waals surface area contributed by atoms with Gasteiger partial charge in [-0.2, -0.15) is 0 Å². The zero-order valence-electron chi connectivity index (χ0n) is 7.79. The lowest BCUT2D eigenvalue weighted by molar-refractivity contribution is 0.429. The van der Waals surface area contributed by atoms with Gasteiger partial charge in [0, 0.05) is 6.54 Å². The first-order valence-electron chi connectivity index (χ1n) is 4.90. The predicted octanol–water partition coefficient (Wildman–Crippen LogP) is 1.25. The van der Waals surface area contributed by atoms with Crippen molar-refractivity contribution in [2.45, 2.75) is 19.3 Å². The fourth-order valence-electron chi connectivity index (χ4n) is 2.11. The summed E-state index contributed by atoms with van der Waals surface area (Å²) < 4.78 is 0. The van der Waals surface area contributed by atoms with Gasteiger partial charge in [0.15, 0.2) is 0 Å². The van der Waals surface area contributed by atoms with Gasteiger partial charge in [-0.25, -0.2) is 0 Å². The Morgan fingerprint density at radius 1 is 1.31 bits per heavy atom. The van der Waals surface area contributed by atoms with E-state index >= 15 is 0 Å². The molecule has 2 nitrogen and oxygen atoms in total. The van der Waals surface area contributed by atoms with Crippen LogP contribution in [-0.4, -0.2) is 6.54 Å². The van der Waals surface area contributed by atoms with Crippen molar-refractivity contribution in [2.24, 2.45) is 11.8 Å². The molecule has 1 atom stereocenters. The molecule has 0 saturated carbocycles. The summed E-state index contributed by atoms with van der Waals surface area (Å²) in [6.07, 6.45) is 3.66. The Bertz CT molecular complexity index is 283. The Kier molecular flexibility index (Phi) is 2.62. The molecule has 0 heterocycles. The highest BCUT2D eigenvalue weighted by atomic mass is 15.2. The van der Waals surface area contributed by atoms with Crippen LogP contribution in [0.15, 0.2) is 24.3 Å². The zero-order chi connectivity index (χ0) is 9.10. The number of hydrogen-bond acceptors (Lipinski definition) is 2. The number of nitrogens with one attached hydrogen (secondary N) is 1. The molecule has 70 valence electrons. The Hall–Kier alpha value is -0.860. The normalized spacial score (nSPS) is 21.2. The summed E-state index contributed by atoms with van der Waals surface area (Å²) in [6, 6.07) is 8.72. The molecule has 2 rings (SSSR count). The van der Waals surface area contributed by atoms with Gasteiger partial charge < -0.3 is 0 Å². The van der Waals surface area contributed by atoms with Gasteiger partial charge in [-0.15, -0.1) is 0 Å². The van der Waals surface area contributed by atoms with Crippen LogP contribution in [0, 0.1) is 5.92 Å². The van der Waals surface area contributed by atoms with E-state index in [2.05, 4.69) is 29.7 Å². The fraction of sp³-hybridized carbons (Fsp3) is 0.455. The fourth-order valence-corrected chi connectivity index (χ4v) is 2.11. The van der Waals surface area contributed by atoms with E-state index in [1.807, 2.05) is 0 Å². The van der Waals surface area contributed by atoms with Crippen LogP contribution in [0.4, 0.5) is 0 Å². The average Bonchev–Trinajstić information content (AvgIpc) is 2.18. The molecular formula is C11H16N2. The van der Waals surface area contributed by atoms with Gasteiger partial charge in [0.05, 0.1) is 0 Å². The first-order chi connectivity index (χ1) is 6.40. The predicted molar refractivity (Wildman–Crippen MR) is 54.1 cm³/mol. The van der Waals surface area contributed by atoms with Crippen LogP contribution in [0.5, 0.6) is 0 Å². The summed E-state index contributed by atoms with van der Waals surface area (Å²) in [4.78, 5) is 0. The summed E-state index contributed by atoms with van der Waals surface area (Å²) in [6.45, 7) is 0.939. The van der Waals surface area contributed by atoms with Crippen molar-refractivity contribution in [3.8, 4) is 0 Å². The van der Waals surface area contributed by atoms with Crippen molar-refractivity contribution >= 4 is 0 Å². The van der Waals surface area contributed by atoms with Gasteiger partial charge in [0.25, 0.3) is 0 Å². The second-order valence-corrected chi connectivity index (χ2v) is 3.79. The van der Waals surface area contributed by atoms with E-state index in [0.717, 1.165) is 12.5 Å². The van der Waals surface area contributed by atoms with Crippen molar-refractivity contribution in [3.05, 3.63) is 35.4 Å². The third-order valence-electron chi connectivity index (χ3n) is 2.86. The number of aryl methyl sites for hydroxylation is 1. The molecular weight excluding hydrogens is 160 g/mol. The summed E-state index contributed by atoms with van der Waals surface area (Å²) in [5, 5.41) is 0. The van der Waals surface area contributed by atoms with E-state index in [-0.39, 0.29) is 0 Å². The Balaban J connectivity index is 2.11. The minimum absolute atomic E-state index is 0.722. The number of fused-ring (bicyclic) bond motifs is 1. The monoisotopic (exact) mass is 176 g/mol. The lowest BCUT2D eigenvalue weighted by atomic mass is 9.84. The van der Waals surface area contributed by atoms with E-state index < -0.39 is 0 Å². The highest BCUT2D eigenvalue weighted by Gasteiger charge is 2.16. The third kappa shape index (κ3) is 1.90. The number of rotatable bonds is 2. The van der Waals surface area contributed by atoms with E-state index in [9.17, 15) is 0 Å². The minimum Gasteiger partial charge on any atom is -0.271 e. The molecule has 1 aromatic rings. The molecule has 1 aromatic carbocycles.